The first kappa shape index (κ1) is 21.6. The molecule has 2 aromatic carbocycles. The fraction of sp³-hybridized carbons (Fsp3) is 0.391. The van der Waals surface area contributed by atoms with E-state index in [9.17, 15) is 8.42 Å². The van der Waals surface area contributed by atoms with Crippen molar-refractivity contribution < 1.29 is 13.2 Å². The lowest BCUT2D eigenvalue weighted by Crippen LogP contribution is -2.48. The van der Waals surface area contributed by atoms with Crippen LogP contribution in [0.25, 0.3) is 6.08 Å². The van der Waals surface area contributed by atoms with E-state index >= 15 is 0 Å². The average molecular weight is 415 g/mol. The minimum Gasteiger partial charge on any atom is -0.496 e. The average Bonchev–Trinajstić information content (AvgIpc) is 2.74. The van der Waals surface area contributed by atoms with E-state index in [1.165, 1.54) is 5.56 Å². The Kier molecular flexibility index (Phi) is 7.11. The van der Waals surface area contributed by atoms with Gasteiger partial charge in [-0.1, -0.05) is 56.3 Å². The summed E-state index contributed by atoms with van der Waals surface area (Å²) in [7, 11) is -1.88. The Hall–Kier alpha value is -2.15. The lowest BCUT2D eigenvalue weighted by molar-refractivity contribution is 0.204. The number of hydrogen-bond donors (Lipinski definition) is 0. The van der Waals surface area contributed by atoms with Crippen LogP contribution in [0, 0.1) is 0 Å². The van der Waals surface area contributed by atoms with Crippen molar-refractivity contribution in [2.75, 3.05) is 39.8 Å². The Morgan fingerprint density at radius 3 is 2.34 bits per heavy atom. The standard InChI is InChI=1S/C23H30N2O3S/c1-19(2)22-18-21(11-12-23(22)28-3)29(26,27)25-16-14-24(15-17-25)13-7-10-20-8-5-4-6-9-20/h4-12,18-19H,13-17H2,1-3H3/b10-7+. The number of sulfonamides is 1. The van der Waals surface area contributed by atoms with Crippen molar-refractivity contribution >= 4 is 16.1 Å². The van der Waals surface area contributed by atoms with Gasteiger partial charge in [0.25, 0.3) is 0 Å². The summed E-state index contributed by atoms with van der Waals surface area (Å²) >= 11 is 0. The van der Waals surface area contributed by atoms with Crippen molar-refractivity contribution in [3.05, 3.63) is 65.7 Å². The van der Waals surface area contributed by atoms with Crippen molar-refractivity contribution in [3.8, 4) is 5.75 Å². The topological polar surface area (TPSA) is 49.9 Å². The van der Waals surface area contributed by atoms with Gasteiger partial charge in [-0.05, 0) is 35.2 Å². The summed E-state index contributed by atoms with van der Waals surface area (Å²) in [6.07, 6.45) is 4.24. The minimum absolute atomic E-state index is 0.188. The molecular formula is C23H30N2O3S. The molecule has 1 saturated heterocycles. The molecule has 5 nitrogen and oxygen atoms in total. The lowest BCUT2D eigenvalue weighted by Gasteiger charge is -2.33. The lowest BCUT2D eigenvalue weighted by atomic mass is 10.0. The van der Waals surface area contributed by atoms with Crippen LogP contribution < -0.4 is 4.74 Å². The molecule has 0 spiro atoms. The number of piperazine rings is 1. The molecule has 156 valence electrons. The van der Waals surface area contributed by atoms with Crippen molar-refractivity contribution in [1.29, 1.82) is 0 Å². The van der Waals surface area contributed by atoms with Crippen LogP contribution in [-0.2, 0) is 10.0 Å². The molecule has 2 aromatic rings. The first-order valence-electron chi connectivity index (χ1n) is 10.0. The molecule has 3 rings (SSSR count). The minimum atomic E-state index is -3.50. The Morgan fingerprint density at radius 1 is 1.03 bits per heavy atom. The third-order valence-electron chi connectivity index (χ3n) is 5.27. The van der Waals surface area contributed by atoms with Crippen LogP contribution >= 0.6 is 0 Å². The second-order valence-corrected chi connectivity index (χ2v) is 9.51. The fourth-order valence-electron chi connectivity index (χ4n) is 3.53. The van der Waals surface area contributed by atoms with E-state index in [0.717, 1.165) is 30.9 Å². The molecule has 1 aliphatic rings. The van der Waals surface area contributed by atoms with Crippen LogP contribution in [-0.4, -0.2) is 57.5 Å². The second-order valence-electron chi connectivity index (χ2n) is 7.58. The predicted octanol–water partition coefficient (Wildman–Crippen LogP) is 3.84. The number of nitrogens with zero attached hydrogens (tertiary/aromatic N) is 2. The van der Waals surface area contributed by atoms with Gasteiger partial charge in [0, 0.05) is 32.7 Å². The van der Waals surface area contributed by atoms with Gasteiger partial charge >= 0.3 is 0 Å². The van der Waals surface area contributed by atoms with Gasteiger partial charge in [-0.2, -0.15) is 4.31 Å². The van der Waals surface area contributed by atoms with Gasteiger partial charge in [-0.25, -0.2) is 8.42 Å². The molecule has 0 atom stereocenters. The molecule has 6 heteroatoms. The van der Waals surface area contributed by atoms with E-state index in [-0.39, 0.29) is 5.92 Å². The van der Waals surface area contributed by atoms with Gasteiger partial charge < -0.3 is 4.74 Å². The zero-order chi connectivity index (χ0) is 20.9. The Balaban J connectivity index is 1.62. The second kappa shape index (κ2) is 9.57. The van der Waals surface area contributed by atoms with Gasteiger partial charge in [-0.3, -0.25) is 4.90 Å². The van der Waals surface area contributed by atoms with Crippen LogP contribution in [0.3, 0.4) is 0 Å². The van der Waals surface area contributed by atoms with Crippen molar-refractivity contribution in [2.45, 2.75) is 24.7 Å². The number of hydrogen-bond acceptors (Lipinski definition) is 4. The van der Waals surface area contributed by atoms with Crippen LogP contribution in [0.2, 0.25) is 0 Å². The highest BCUT2D eigenvalue weighted by molar-refractivity contribution is 7.89. The summed E-state index contributed by atoms with van der Waals surface area (Å²) < 4.78 is 33.2. The summed E-state index contributed by atoms with van der Waals surface area (Å²) in [4.78, 5) is 2.62. The van der Waals surface area contributed by atoms with Crippen molar-refractivity contribution in [2.24, 2.45) is 0 Å². The quantitative estimate of drug-likeness (QED) is 0.691. The van der Waals surface area contributed by atoms with Gasteiger partial charge in [0.15, 0.2) is 0 Å². The van der Waals surface area contributed by atoms with Gasteiger partial charge in [0.2, 0.25) is 10.0 Å². The molecule has 0 N–H and O–H groups in total. The maximum absolute atomic E-state index is 13.1. The fourth-order valence-corrected chi connectivity index (χ4v) is 4.99. The molecule has 0 unspecified atom stereocenters. The predicted molar refractivity (Wildman–Crippen MR) is 118 cm³/mol. The number of ether oxygens (including phenoxy) is 1. The first-order chi connectivity index (χ1) is 13.9. The summed E-state index contributed by atoms with van der Waals surface area (Å²) in [5.41, 5.74) is 2.09. The molecule has 1 heterocycles. The van der Waals surface area contributed by atoms with E-state index in [1.807, 2.05) is 32.0 Å². The molecule has 0 aliphatic carbocycles. The summed E-state index contributed by atoms with van der Waals surface area (Å²) in [5.74, 6) is 0.919. The maximum Gasteiger partial charge on any atom is 0.243 e. The third kappa shape index (κ3) is 5.26. The normalized spacial score (nSPS) is 16.6. The molecule has 0 aromatic heterocycles. The SMILES string of the molecule is COc1ccc(S(=O)(=O)N2CCN(C/C=C/c3ccccc3)CC2)cc1C(C)C. The molecule has 29 heavy (non-hydrogen) atoms. The Morgan fingerprint density at radius 2 is 1.72 bits per heavy atom. The van der Waals surface area contributed by atoms with E-state index in [2.05, 4.69) is 29.2 Å². The zero-order valence-corrected chi connectivity index (χ0v) is 18.2. The largest absolute Gasteiger partial charge is 0.496 e. The van der Waals surface area contributed by atoms with E-state index < -0.39 is 10.0 Å². The molecule has 0 bridgehead atoms. The van der Waals surface area contributed by atoms with Crippen LogP contribution in [0.15, 0.2) is 59.5 Å². The molecule has 1 fully saturated rings. The Bertz CT molecular complexity index is 932. The van der Waals surface area contributed by atoms with Crippen molar-refractivity contribution in [1.82, 2.24) is 9.21 Å². The van der Waals surface area contributed by atoms with E-state index in [0.29, 0.717) is 18.0 Å². The number of rotatable bonds is 7. The highest BCUT2D eigenvalue weighted by Crippen LogP contribution is 2.30. The Labute approximate surface area is 174 Å². The zero-order valence-electron chi connectivity index (χ0n) is 17.4. The molecule has 0 amide bonds. The summed E-state index contributed by atoms with van der Waals surface area (Å²) in [6, 6.07) is 15.3. The van der Waals surface area contributed by atoms with Crippen LogP contribution in [0.1, 0.15) is 30.9 Å². The molecule has 0 saturated carbocycles. The smallest absolute Gasteiger partial charge is 0.243 e. The maximum atomic E-state index is 13.1. The summed E-state index contributed by atoms with van der Waals surface area (Å²) in [5, 5.41) is 0. The monoisotopic (exact) mass is 414 g/mol. The molecule has 1 aliphatic heterocycles. The van der Waals surface area contributed by atoms with E-state index in [4.69, 9.17) is 4.74 Å². The van der Waals surface area contributed by atoms with Crippen molar-refractivity contribution in [3.63, 3.8) is 0 Å². The summed E-state index contributed by atoms with van der Waals surface area (Å²) in [6.45, 7) is 7.36. The highest BCUT2D eigenvalue weighted by atomic mass is 32.2. The molecular weight excluding hydrogens is 384 g/mol. The molecule has 0 radical (unpaired) electrons. The van der Waals surface area contributed by atoms with Crippen LogP contribution in [0.5, 0.6) is 5.75 Å². The highest BCUT2D eigenvalue weighted by Gasteiger charge is 2.29. The third-order valence-corrected chi connectivity index (χ3v) is 7.16. The van der Waals surface area contributed by atoms with Gasteiger partial charge in [0.05, 0.1) is 12.0 Å². The number of benzene rings is 2. The van der Waals surface area contributed by atoms with Gasteiger partial charge in [-0.15, -0.1) is 0 Å². The first-order valence-corrected chi connectivity index (χ1v) is 11.5. The van der Waals surface area contributed by atoms with Crippen LogP contribution in [0.4, 0.5) is 0 Å². The van der Waals surface area contributed by atoms with Gasteiger partial charge in [0.1, 0.15) is 5.75 Å². The van der Waals surface area contributed by atoms with E-state index in [1.54, 1.807) is 29.6 Å². The number of methoxy groups -OCH3 is 1.